The van der Waals surface area contributed by atoms with E-state index in [4.69, 9.17) is 21.1 Å². The number of ether oxygens (including phenoxy) is 2. The lowest BCUT2D eigenvalue weighted by atomic mass is 10.1. The van der Waals surface area contributed by atoms with E-state index in [1.165, 1.54) is 20.3 Å². The Labute approximate surface area is 151 Å². The summed E-state index contributed by atoms with van der Waals surface area (Å²) in [6, 6.07) is 14.6. The Hall–Kier alpha value is -2.97. The maximum atomic E-state index is 12.2. The minimum Gasteiger partial charge on any atom is -0.493 e. The molecule has 2 aromatic carbocycles. The first kappa shape index (κ1) is 18.4. The Balaban J connectivity index is 2.20. The predicted molar refractivity (Wildman–Crippen MR) is 96.4 cm³/mol. The molecule has 0 unspecified atom stereocenters. The molecular weight excluding hydrogens is 340 g/mol. The number of nitriles is 1. The van der Waals surface area contributed by atoms with E-state index < -0.39 is 5.91 Å². The summed E-state index contributed by atoms with van der Waals surface area (Å²) in [4.78, 5) is 12.2. The van der Waals surface area contributed by atoms with E-state index in [0.717, 1.165) is 5.56 Å². The third kappa shape index (κ3) is 4.75. The third-order valence-electron chi connectivity index (χ3n) is 3.43. The van der Waals surface area contributed by atoms with Crippen LogP contribution < -0.4 is 14.8 Å². The molecule has 1 amide bonds. The van der Waals surface area contributed by atoms with Crippen LogP contribution in [0.3, 0.4) is 0 Å². The maximum Gasteiger partial charge on any atom is 0.262 e. The predicted octanol–water partition coefficient (Wildman–Crippen LogP) is 3.58. The molecule has 1 N–H and O–H groups in total. The third-order valence-corrected chi connectivity index (χ3v) is 3.71. The lowest BCUT2D eigenvalue weighted by Crippen LogP contribution is -2.23. The van der Waals surface area contributed by atoms with Crippen LogP contribution in [0.1, 0.15) is 11.1 Å². The molecule has 0 fully saturated rings. The summed E-state index contributed by atoms with van der Waals surface area (Å²) >= 11 is 6.14. The average molecular weight is 357 g/mol. The highest BCUT2D eigenvalue weighted by atomic mass is 35.5. The Morgan fingerprint density at radius 1 is 1.24 bits per heavy atom. The maximum absolute atomic E-state index is 12.2. The summed E-state index contributed by atoms with van der Waals surface area (Å²) < 4.78 is 10.4. The van der Waals surface area contributed by atoms with Crippen LogP contribution in [0.15, 0.2) is 48.0 Å². The van der Waals surface area contributed by atoms with E-state index >= 15 is 0 Å². The van der Waals surface area contributed by atoms with Crippen LogP contribution in [0.25, 0.3) is 6.08 Å². The van der Waals surface area contributed by atoms with Crippen LogP contribution >= 0.6 is 11.6 Å². The molecule has 6 heteroatoms. The molecule has 2 aromatic rings. The van der Waals surface area contributed by atoms with Crippen LogP contribution in [0.4, 0.5) is 0 Å². The van der Waals surface area contributed by atoms with Crippen LogP contribution in [-0.4, -0.2) is 20.1 Å². The van der Waals surface area contributed by atoms with E-state index in [9.17, 15) is 10.1 Å². The first-order valence-electron chi connectivity index (χ1n) is 7.44. The zero-order chi connectivity index (χ0) is 18.2. The van der Waals surface area contributed by atoms with Crippen molar-refractivity contribution >= 4 is 23.6 Å². The first-order valence-corrected chi connectivity index (χ1v) is 7.82. The minimum absolute atomic E-state index is 0.0285. The van der Waals surface area contributed by atoms with Crippen LogP contribution in [0.2, 0.25) is 5.02 Å². The van der Waals surface area contributed by atoms with Gasteiger partial charge in [0.2, 0.25) is 0 Å². The highest BCUT2D eigenvalue weighted by molar-refractivity contribution is 6.32. The van der Waals surface area contributed by atoms with Crippen LogP contribution in [-0.2, 0) is 11.3 Å². The summed E-state index contributed by atoms with van der Waals surface area (Å²) in [5, 5.41) is 12.3. The molecule has 0 saturated carbocycles. The number of carbonyl (C=O) groups is 1. The minimum atomic E-state index is -0.461. The molecule has 0 aliphatic rings. The number of methoxy groups -OCH3 is 2. The summed E-state index contributed by atoms with van der Waals surface area (Å²) in [6.07, 6.45) is 1.45. The van der Waals surface area contributed by atoms with Gasteiger partial charge in [-0.3, -0.25) is 4.79 Å². The van der Waals surface area contributed by atoms with E-state index in [2.05, 4.69) is 5.32 Å². The molecular formula is C19H17ClN2O3. The number of hydrogen-bond acceptors (Lipinski definition) is 4. The lowest BCUT2D eigenvalue weighted by molar-refractivity contribution is -0.117. The smallest absolute Gasteiger partial charge is 0.262 e. The Bertz CT molecular complexity index is 827. The second-order valence-corrected chi connectivity index (χ2v) is 5.48. The normalized spacial score (nSPS) is 10.7. The number of halogens is 1. The number of nitrogens with zero attached hydrogens (tertiary/aromatic N) is 1. The van der Waals surface area contributed by atoms with E-state index in [1.54, 1.807) is 12.1 Å². The van der Waals surface area contributed by atoms with E-state index in [-0.39, 0.29) is 5.57 Å². The van der Waals surface area contributed by atoms with Gasteiger partial charge in [-0.1, -0.05) is 41.9 Å². The molecule has 2 rings (SSSR count). The monoisotopic (exact) mass is 356 g/mol. The summed E-state index contributed by atoms with van der Waals surface area (Å²) in [5.74, 6) is 0.355. The quantitative estimate of drug-likeness (QED) is 0.634. The van der Waals surface area contributed by atoms with E-state index in [1.807, 2.05) is 36.4 Å². The van der Waals surface area contributed by atoms with Gasteiger partial charge in [0.05, 0.1) is 19.2 Å². The zero-order valence-corrected chi connectivity index (χ0v) is 14.6. The fourth-order valence-corrected chi connectivity index (χ4v) is 2.51. The number of nitrogens with one attached hydrogen (secondary N) is 1. The topological polar surface area (TPSA) is 71.3 Å². The highest BCUT2D eigenvalue weighted by Gasteiger charge is 2.13. The number of rotatable bonds is 6. The van der Waals surface area contributed by atoms with Crippen molar-refractivity contribution in [1.29, 1.82) is 5.26 Å². The number of amides is 1. The van der Waals surface area contributed by atoms with Crippen molar-refractivity contribution in [1.82, 2.24) is 5.32 Å². The van der Waals surface area contributed by atoms with Gasteiger partial charge in [-0.2, -0.15) is 5.26 Å². The second-order valence-electron chi connectivity index (χ2n) is 5.08. The molecule has 0 heterocycles. The van der Waals surface area contributed by atoms with Crippen molar-refractivity contribution in [2.24, 2.45) is 0 Å². The Kier molecular flexibility index (Phi) is 6.44. The Morgan fingerprint density at radius 2 is 1.96 bits per heavy atom. The molecule has 5 nitrogen and oxygen atoms in total. The fourth-order valence-electron chi connectivity index (χ4n) is 2.21. The van der Waals surface area contributed by atoms with Crippen LogP contribution in [0.5, 0.6) is 11.5 Å². The standard InChI is InChI=1S/C19H17ClN2O3/c1-24-17-10-14(9-16(20)18(17)25-2)8-15(11-21)19(23)22-12-13-6-4-3-5-7-13/h3-10H,12H2,1-2H3,(H,22,23)/b15-8-. The zero-order valence-electron chi connectivity index (χ0n) is 13.9. The summed E-state index contributed by atoms with van der Waals surface area (Å²) in [7, 11) is 2.97. The Morgan fingerprint density at radius 3 is 2.56 bits per heavy atom. The molecule has 0 bridgehead atoms. The molecule has 0 aromatic heterocycles. The highest BCUT2D eigenvalue weighted by Crippen LogP contribution is 2.36. The van der Waals surface area contributed by atoms with Crippen molar-refractivity contribution in [2.45, 2.75) is 6.54 Å². The van der Waals surface area contributed by atoms with Crippen molar-refractivity contribution in [3.8, 4) is 17.6 Å². The molecule has 25 heavy (non-hydrogen) atoms. The summed E-state index contributed by atoms with van der Waals surface area (Å²) in [5.41, 5.74) is 1.48. The van der Waals surface area contributed by atoms with Gasteiger partial charge in [0.15, 0.2) is 11.5 Å². The van der Waals surface area contributed by atoms with Crippen molar-refractivity contribution in [3.63, 3.8) is 0 Å². The molecule has 0 aliphatic heterocycles. The van der Waals surface area contributed by atoms with Gasteiger partial charge in [0, 0.05) is 6.54 Å². The average Bonchev–Trinajstić information content (AvgIpc) is 2.64. The number of benzene rings is 2. The van der Waals surface area contributed by atoms with E-state index in [0.29, 0.717) is 28.6 Å². The summed E-state index contributed by atoms with van der Waals surface area (Å²) in [6.45, 7) is 0.339. The molecule has 0 radical (unpaired) electrons. The van der Waals surface area contributed by atoms with Gasteiger partial charge < -0.3 is 14.8 Å². The number of carbonyl (C=O) groups excluding carboxylic acids is 1. The van der Waals surface area contributed by atoms with Crippen LogP contribution in [0, 0.1) is 11.3 Å². The van der Waals surface area contributed by atoms with Gasteiger partial charge in [-0.25, -0.2) is 0 Å². The van der Waals surface area contributed by atoms with Gasteiger partial charge in [0.1, 0.15) is 11.6 Å². The largest absolute Gasteiger partial charge is 0.493 e. The van der Waals surface area contributed by atoms with Crippen molar-refractivity contribution in [3.05, 3.63) is 64.2 Å². The van der Waals surface area contributed by atoms with Gasteiger partial charge in [-0.15, -0.1) is 0 Å². The van der Waals surface area contributed by atoms with Crippen molar-refractivity contribution < 1.29 is 14.3 Å². The molecule has 0 spiro atoms. The van der Waals surface area contributed by atoms with Gasteiger partial charge >= 0.3 is 0 Å². The second kappa shape index (κ2) is 8.76. The molecule has 128 valence electrons. The fraction of sp³-hybridized carbons (Fsp3) is 0.158. The van der Waals surface area contributed by atoms with Crippen molar-refractivity contribution in [2.75, 3.05) is 14.2 Å². The van der Waals surface area contributed by atoms with Gasteiger partial charge in [-0.05, 0) is 29.3 Å². The lowest BCUT2D eigenvalue weighted by Gasteiger charge is -2.10. The molecule has 0 aliphatic carbocycles. The first-order chi connectivity index (χ1) is 12.1. The molecule has 0 saturated heterocycles. The van der Waals surface area contributed by atoms with Gasteiger partial charge in [0.25, 0.3) is 5.91 Å². The molecule has 0 atom stereocenters. The number of hydrogen-bond donors (Lipinski definition) is 1. The SMILES string of the molecule is COc1cc(/C=C(/C#N)C(=O)NCc2ccccc2)cc(Cl)c1OC.